The Bertz CT molecular complexity index is 721. The first-order valence-corrected chi connectivity index (χ1v) is 8.28. The molecule has 0 aliphatic carbocycles. The summed E-state index contributed by atoms with van der Waals surface area (Å²) in [5.41, 5.74) is 2.64. The molecule has 0 amide bonds. The van der Waals surface area contributed by atoms with Crippen molar-refractivity contribution in [2.75, 3.05) is 20.2 Å². The second-order valence-corrected chi connectivity index (χ2v) is 6.14. The third-order valence-corrected chi connectivity index (χ3v) is 4.69. The van der Waals surface area contributed by atoms with Crippen molar-refractivity contribution in [3.05, 3.63) is 65.2 Å². The Morgan fingerprint density at radius 3 is 2.71 bits per heavy atom. The van der Waals surface area contributed by atoms with Gasteiger partial charge in [0.1, 0.15) is 5.75 Å². The van der Waals surface area contributed by atoms with Crippen LogP contribution in [0.1, 0.15) is 41.7 Å². The zero-order valence-corrected chi connectivity index (χ0v) is 13.9. The summed E-state index contributed by atoms with van der Waals surface area (Å²) in [6.45, 7) is 1.55. The van der Waals surface area contributed by atoms with Crippen LogP contribution in [0.3, 0.4) is 0 Å². The van der Waals surface area contributed by atoms with Crippen LogP contribution in [-0.4, -0.2) is 30.2 Å². The lowest BCUT2D eigenvalue weighted by atomic mass is 10.0. The number of methoxy groups -OCH3 is 1. The highest BCUT2D eigenvalue weighted by Crippen LogP contribution is 2.37. The van der Waals surface area contributed by atoms with Crippen molar-refractivity contribution in [3.63, 3.8) is 0 Å². The normalized spacial score (nSPS) is 19.0. The fourth-order valence-electron chi connectivity index (χ4n) is 3.45. The number of hydrogen-bond donors (Lipinski definition) is 1. The molecule has 1 N–H and O–H groups in total. The lowest BCUT2D eigenvalue weighted by Crippen LogP contribution is -2.28. The molecule has 1 fully saturated rings. The van der Waals surface area contributed by atoms with E-state index in [0.29, 0.717) is 12.1 Å². The second kappa shape index (κ2) is 7.48. The van der Waals surface area contributed by atoms with Crippen LogP contribution in [0.2, 0.25) is 0 Å². The summed E-state index contributed by atoms with van der Waals surface area (Å²) >= 11 is 0. The van der Waals surface area contributed by atoms with Crippen LogP contribution in [0.5, 0.6) is 5.75 Å². The van der Waals surface area contributed by atoms with Crippen molar-refractivity contribution in [1.29, 1.82) is 5.26 Å². The maximum atomic E-state index is 10.6. The molecule has 4 nitrogen and oxygen atoms in total. The van der Waals surface area contributed by atoms with E-state index in [1.165, 1.54) is 5.56 Å². The molecule has 0 aromatic heterocycles. The minimum atomic E-state index is -0.562. The minimum absolute atomic E-state index is 0.272. The zero-order valence-electron chi connectivity index (χ0n) is 13.9. The monoisotopic (exact) mass is 322 g/mol. The molecular weight excluding hydrogens is 300 g/mol. The summed E-state index contributed by atoms with van der Waals surface area (Å²) in [7, 11) is 1.70. The zero-order chi connectivity index (χ0) is 16.9. The van der Waals surface area contributed by atoms with E-state index in [1.54, 1.807) is 19.2 Å². The van der Waals surface area contributed by atoms with Crippen molar-refractivity contribution in [1.82, 2.24) is 4.90 Å². The number of aliphatic hydroxyl groups excluding tert-OH is 1. The Kier molecular flexibility index (Phi) is 5.14. The molecular formula is C20H22N2O2. The Balaban J connectivity index is 1.74. The molecule has 0 spiro atoms. The number of para-hydroxylation sites is 1. The summed E-state index contributed by atoms with van der Waals surface area (Å²) in [6, 6.07) is 17.6. The summed E-state index contributed by atoms with van der Waals surface area (Å²) in [5, 5.41) is 19.5. The van der Waals surface area contributed by atoms with Crippen LogP contribution in [0, 0.1) is 11.3 Å². The Morgan fingerprint density at radius 1 is 1.25 bits per heavy atom. The van der Waals surface area contributed by atoms with E-state index in [0.717, 1.165) is 30.7 Å². The van der Waals surface area contributed by atoms with E-state index in [9.17, 15) is 5.11 Å². The van der Waals surface area contributed by atoms with Gasteiger partial charge < -0.3 is 9.84 Å². The maximum Gasteiger partial charge on any atom is 0.123 e. The molecule has 2 aromatic rings. The third kappa shape index (κ3) is 3.43. The third-order valence-electron chi connectivity index (χ3n) is 4.69. The number of rotatable bonds is 5. The molecule has 3 rings (SSSR count). The van der Waals surface area contributed by atoms with Gasteiger partial charge >= 0.3 is 0 Å². The highest BCUT2D eigenvalue weighted by Gasteiger charge is 2.29. The molecule has 4 heteroatoms. The van der Waals surface area contributed by atoms with Crippen molar-refractivity contribution >= 4 is 0 Å². The van der Waals surface area contributed by atoms with Gasteiger partial charge in [0.2, 0.25) is 0 Å². The van der Waals surface area contributed by atoms with Crippen LogP contribution < -0.4 is 4.74 Å². The fraction of sp³-hybridized carbons (Fsp3) is 0.350. The molecule has 2 aromatic carbocycles. The van der Waals surface area contributed by atoms with E-state index in [2.05, 4.69) is 17.0 Å². The number of benzene rings is 2. The van der Waals surface area contributed by atoms with Gasteiger partial charge in [0.25, 0.3) is 0 Å². The average Bonchev–Trinajstić information content (AvgIpc) is 3.09. The highest BCUT2D eigenvalue weighted by atomic mass is 16.5. The van der Waals surface area contributed by atoms with Gasteiger partial charge in [0, 0.05) is 18.2 Å². The SMILES string of the molecule is COc1ccccc1C1CCCN1CC(O)c1ccc(C#N)cc1. The summed E-state index contributed by atoms with van der Waals surface area (Å²) in [4.78, 5) is 2.32. The number of aliphatic hydroxyl groups is 1. The summed E-state index contributed by atoms with van der Waals surface area (Å²) < 4.78 is 5.50. The smallest absolute Gasteiger partial charge is 0.123 e. The molecule has 1 aliphatic heterocycles. The first-order chi connectivity index (χ1) is 11.7. The molecule has 0 radical (unpaired) electrons. The Morgan fingerprint density at radius 2 is 2.00 bits per heavy atom. The number of nitrogens with zero attached hydrogens (tertiary/aromatic N) is 2. The fourth-order valence-corrected chi connectivity index (χ4v) is 3.45. The Hall–Kier alpha value is -2.35. The lowest BCUT2D eigenvalue weighted by Gasteiger charge is -2.28. The summed E-state index contributed by atoms with van der Waals surface area (Å²) in [6.07, 6.45) is 1.62. The first kappa shape index (κ1) is 16.5. The predicted molar refractivity (Wildman–Crippen MR) is 92.7 cm³/mol. The van der Waals surface area contributed by atoms with Crippen LogP contribution in [0.4, 0.5) is 0 Å². The molecule has 1 heterocycles. The van der Waals surface area contributed by atoms with Crippen LogP contribution in [-0.2, 0) is 0 Å². The van der Waals surface area contributed by atoms with Crippen LogP contribution in [0.15, 0.2) is 48.5 Å². The number of β-amino-alcohol motifs (C(OH)–C–C–N with tert-alkyl or cyclic N) is 1. The number of ether oxygens (including phenoxy) is 1. The van der Waals surface area contributed by atoms with Gasteiger partial charge in [0.15, 0.2) is 0 Å². The number of likely N-dealkylation sites (tertiary alicyclic amines) is 1. The topological polar surface area (TPSA) is 56.5 Å². The van der Waals surface area contributed by atoms with Gasteiger partial charge in [-0.05, 0) is 43.1 Å². The molecule has 2 atom stereocenters. The van der Waals surface area contributed by atoms with Gasteiger partial charge in [-0.1, -0.05) is 30.3 Å². The van der Waals surface area contributed by atoms with E-state index < -0.39 is 6.10 Å². The van der Waals surface area contributed by atoms with Gasteiger partial charge in [0.05, 0.1) is 24.8 Å². The van der Waals surface area contributed by atoms with E-state index in [1.807, 2.05) is 30.3 Å². The van der Waals surface area contributed by atoms with E-state index in [4.69, 9.17) is 10.00 Å². The van der Waals surface area contributed by atoms with Gasteiger partial charge in [-0.3, -0.25) is 4.90 Å². The standard InChI is InChI=1S/C20H22N2O2/c1-24-20-7-3-2-5-17(20)18-6-4-12-22(18)14-19(23)16-10-8-15(13-21)9-11-16/h2-3,5,7-11,18-19,23H,4,6,12,14H2,1H3. The molecule has 2 unspecified atom stereocenters. The molecule has 0 saturated carbocycles. The molecule has 0 bridgehead atoms. The van der Waals surface area contributed by atoms with Gasteiger partial charge in [-0.25, -0.2) is 0 Å². The van der Waals surface area contributed by atoms with Gasteiger partial charge in [-0.15, -0.1) is 0 Å². The summed E-state index contributed by atoms with van der Waals surface area (Å²) in [5.74, 6) is 0.905. The molecule has 124 valence electrons. The van der Waals surface area contributed by atoms with Crippen molar-refractivity contribution in [3.8, 4) is 11.8 Å². The van der Waals surface area contributed by atoms with Crippen molar-refractivity contribution < 1.29 is 9.84 Å². The second-order valence-electron chi connectivity index (χ2n) is 6.14. The van der Waals surface area contributed by atoms with Gasteiger partial charge in [-0.2, -0.15) is 5.26 Å². The maximum absolute atomic E-state index is 10.6. The Labute approximate surface area is 142 Å². The van der Waals surface area contributed by atoms with Crippen LogP contribution in [0.25, 0.3) is 0 Å². The molecule has 1 saturated heterocycles. The van der Waals surface area contributed by atoms with E-state index >= 15 is 0 Å². The van der Waals surface area contributed by atoms with Crippen LogP contribution >= 0.6 is 0 Å². The van der Waals surface area contributed by atoms with Crippen molar-refractivity contribution in [2.24, 2.45) is 0 Å². The quantitative estimate of drug-likeness (QED) is 0.916. The average molecular weight is 322 g/mol. The number of nitriles is 1. The largest absolute Gasteiger partial charge is 0.496 e. The lowest BCUT2D eigenvalue weighted by molar-refractivity contribution is 0.105. The van der Waals surface area contributed by atoms with E-state index in [-0.39, 0.29) is 6.04 Å². The molecule has 1 aliphatic rings. The predicted octanol–water partition coefficient (Wildman–Crippen LogP) is 3.44. The molecule has 24 heavy (non-hydrogen) atoms. The number of hydrogen-bond acceptors (Lipinski definition) is 4. The first-order valence-electron chi connectivity index (χ1n) is 8.28. The van der Waals surface area contributed by atoms with Crippen molar-refractivity contribution in [2.45, 2.75) is 25.0 Å². The highest BCUT2D eigenvalue weighted by molar-refractivity contribution is 5.36. The minimum Gasteiger partial charge on any atom is -0.496 e.